The zero-order valence-electron chi connectivity index (χ0n) is 17.2. The fourth-order valence-electron chi connectivity index (χ4n) is 3.64. The Morgan fingerprint density at radius 2 is 1.71 bits per heavy atom. The maximum Gasteiger partial charge on any atom is 0.332 e. The maximum atomic E-state index is 12.4. The molecule has 31 heavy (non-hydrogen) atoms. The predicted molar refractivity (Wildman–Crippen MR) is 111 cm³/mol. The summed E-state index contributed by atoms with van der Waals surface area (Å²) >= 11 is 0. The summed E-state index contributed by atoms with van der Waals surface area (Å²) in [4.78, 5) is 66.0. The Morgan fingerprint density at radius 3 is 2.45 bits per heavy atom. The van der Waals surface area contributed by atoms with E-state index < -0.39 is 17.2 Å². The number of amides is 3. The molecular weight excluding hydrogens is 404 g/mol. The predicted octanol–water partition coefficient (Wildman–Crippen LogP) is 0.0784. The van der Waals surface area contributed by atoms with E-state index in [1.807, 2.05) is 0 Å². The molecule has 3 aromatic rings. The maximum absolute atomic E-state index is 12.4. The van der Waals surface area contributed by atoms with Crippen molar-refractivity contribution in [1.29, 1.82) is 0 Å². The molecule has 4 rings (SSSR count). The fourth-order valence-corrected chi connectivity index (χ4v) is 3.64. The Labute approximate surface area is 175 Å². The Hall–Kier alpha value is -4.02. The summed E-state index contributed by atoms with van der Waals surface area (Å²) in [7, 11) is 4.36. The molecule has 0 aliphatic carbocycles. The zero-order chi connectivity index (χ0) is 22.4. The van der Waals surface area contributed by atoms with Crippen LogP contribution < -0.4 is 16.6 Å². The molecule has 0 bridgehead atoms. The van der Waals surface area contributed by atoms with Crippen LogP contribution in [0.25, 0.3) is 11.2 Å². The molecule has 11 nitrogen and oxygen atoms in total. The lowest BCUT2D eigenvalue weighted by atomic mass is 10.1. The van der Waals surface area contributed by atoms with Crippen molar-refractivity contribution >= 4 is 34.6 Å². The SMILES string of the molecule is CN1C(=O)c2ccc(NC(=O)CCCn3cnc4c3c(=O)n(C)c(=O)n4C)cc2C1=O. The standard InChI is InChI=1S/C20H20N6O5/c1-23-16-15(19(30)25(3)20(23)31)26(10-21-16)8-4-5-14(27)22-11-6-7-12-13(9-11)18(29)24(2)17(12)28/h6-7,9-10H,4-5,8H2,1-3H3,(H,22,27). The lowest BCUT2D eigenvalue weighted by molar-refractivity contribution is -0.116. The second-order valence-corrected chi connectivity index (χ2v) is 7.40. The smallest absolute Gasteiger partial charge is 0.326 e. The molecule has 160 valence electrons. The van der Waals surface area contributed by atoms with E-state index in [0.29, 0.717) is 35.4 Å². The fraction of sp³-hybridized carbons (Fsp3) is 0.300. The molecule has 0 fully saturated rings. The molecule has 3 amide bonds. The Bertz CT molecular complexity index is 1380. The molecule has 1 aliphatic rings. The van der Waals surface area contributed by atoms with E-state index in [-0.39, 0.29) is 23.8 Å². The highest BCUT2D eigenvalue weighted by molar-refractivity contribution is 6.21. The number of carbonyl (C=O) groups excluding carboxylic acids is 3. The minimum atomic E-state index is -0.456. The normalized spacial score (nSPS) is 13.2. The number of hydrogen-bond acceptors (Lipinski definition) is 6. The van der Waals surface area contributed by atoms with Crippen molar-refractivity contribution in [3.05, 3.63) is 56.5 Å². The van der Waals surface area contributed by atoms with Crippen molar-refractivity contribution in [2.45, 2.75) is 19.4 Å². The van der Waals surface area contributed by atoms with Gasteiger partial charge < -0.3 is 9.88 Å². The van der Waals surface area contributed by atoms with Crippen LogP contribution in [-0.4, -0.2) is 48.4 Å². The molecule has 0 saturated heterocycles. The quantitative estimate of drug-likeness (QED) is 0.578. The summed E-state index contributed by atoms with van der Waals surface area (Å²) in [5.74, 6) is -1.04. The van der Waals surface area contributed by atoms with Crippen molar-refractivity contribution in [2.24, 2.45) is 14.1 Å². The second kappa shape index (κ2) is 7.35. The third-order valence-electron chi connectivity index (χ3n) is 5.39. The number of nitrogens with one attached hydrogen (secondary N) is 1. The van der Waals surface area contributed by atoms with E-state index in [1.165, 1.54) is 37.1 Å². The van der Waals surface area contributed by atoms with Crippen LogP contribution in [0, 0.1) is 0 Å². The minimum absolute atomic E-state index is 0.162. The second-order valence-electron chi connectivity index (χ2n) is 7.40. The van der Waals surface area contributed by atoms with Crippen LogP contribution in [-0.2, 0) is 25.4 Å². The largest absolute Gasteiger partial charge is 0.332 e. The van der Waals surface area contributed by atoms with E-state index >= 15 is 0 Å². The third kappa shape index (κ3) is 3.23. The van der Waals surface area contributed by atoms with Gasteiger partial charge in [-0.05, 0) is 24.6 Å². The number of hydrogen-bond donors (Lipinski definition) is 1. The number of nitrogens with zero attached hydrogens (tertiary/aromatic N) is 5. The van der Waals surface area contributed by atoms with E-state index in [2.05, 4.69) is 10.3 Å². The molecule has 0 saturated carbocycles. The first kappa shape index (κ1) is 20.3. The van der Waals surface area contributed by atoms with Gasteiger partial charge in [0, 0.05) is 39.8 Å². The first-order valence-electron chi connectivity index (χ1n) is 9.58. The molecule has 0 spiro atoms. The third-order valence-corrected chi connectivity index (χ3v) is 5.39. The first-order valence-corrected chi connectivity index (χ1v) is 9.58. The molecule has 3 heterocycles. The molecule has 2 aromatic heterocycles. The molecule has 0 unspecified atom stereocenters. The van der Waals surface area contributed by atoms with Crippen LogP contribution in [0.4, 0.5) is 5.69 Å². The highest BCUT2D eigenvalue weighted by Crippen LogP contribution is 2.24. The minimum Gasteiger partial charge on any atom is -0.326 e. The van der Waals surface area contributed by atoms with Gasteiger partial charge in [-0.25, -0.2) is 9.78 Å². The monoisotopic (exact) mass is 424 g/mol. The number of imide groups is 1. The number of benzene rings is 1. The van der Waals surface area contributed by atoms with Gasteiger partial charge in [0.2, 0.25) is 5.91 Å². The lowest BCUT2D eigenvalue weighted by Gasteiger charge is -2.08. The van der Waals surface area contributed by atoms with E-state index in [4.69, 9.17) is 0 Å². The summed E-state index contributed by atoms with van der Waals surface area (Å²) in [6.07, 6.45) is 2.06. The van der Waals surface area contributed by atoms with E-state index in [9.17, 15) is 24.0 Å². The van der Waals surface area contributed by atoms with Gasteiger partial charge in [0.1, 0.15) is 0 Å². The summed E-state index contributed by atoms with van der Waals surface area (Å²) in [5.41, 5.74) is 0.697. The Kier molecular flexibility index (Phi) is 4.80. The van der Waals surface area contributed by atoms with Gasteiger partial charge in [0.05, 0.1) is 17.5 Å². The lowest BCUT2D eigenvalue weighted by Crippen LogP contribution is -2.37. The molecule has 11 heteroatoms. The number of fused-ring (bicyclic) bond motifs is 2. The van der Waals surface area contributed by atoms with Crippen molar-refractivity contribution in [3.63, 3.8) is 0 Å². The molecule has 0 radical (unpaired) electrons. The van der Waals surface area contributed by atoms with Gasteiger partial charge in [-0.15, -0.1) is 0 Å². The van der Waals surface area contributed by atoms with Crippen LogP contribution in [0.2, 0.25) is 0 Å². The van der Waals surface area contributed by atoms with E-state index in [0.717, 1.165) is 9.47 Å². The van der Waals surface area contributed by atoms with Crippen LogP contribution in [0.1, 0.15) is 33.6 Å². The topological polar surface area (TPSA) is 128 Å². The molecule has 1 N–H and O–H groups in total. The number of rotatable bonds is 5. The van der Waals surface area contributed by atoms with Crippen molar-refractivity contribution < 1.29 is 14.4 Å². The van der Waals surface area contributed by atoms with Gasteiger partial charge in [0.15, 0.2) is 11.2 Å². The Morgan fingerprint density at radius 1 is 1.00 bits per heavy atom. The van der Waals surface area contributed by atoms with Gasteiger partial charge in [0.25, 0.3) is 17.4 Å². The molecular formula is C20H20N6O5. The van der Waals surface area contributed by atoms with Gasteiger partial charge in [-0.1, -0.05) is 0 Å². The van der Waals surface area contributed by atoms with Crippen LogP contribution in [0.15, 0.2) is 34.1 Å². The average molecular weight is 424 g/mol. The number of anilines is 1. The highest BCUT2D eigenvalue weighted by Gasteiger charge is 2.32. The number of carbonyl (C=O) groups is 3. The van der Waals surface area contributed by atoms with Crippen LogP contribution in [0.5, 0.6) is 0 Å². The molecule has 0 atom stereocenters. The number of aryl methyl sites for hydroxylation is 2. The molecule has 1 aromatic carbocycles. The average Bonchev–Trinajstić information content (AvgIpc) is 3.26. The van der Waals surface area contributed by atoms with Crippen molar-refractivity contribution in [3.8, 4) is 0 Å². The number of aromatic nitrogens is 4. The zero-order valence-corrected chi connectivity index (χ0v) is 17.2. The van der Waals surface area contributed by atoms with Crippen LogP contribution >= 0.6 is 0 Å². The summed E-state index contributed by atoms with van der Waals surface area (Å²) < 4.78 is 3.95. The summed E-state index contributed by atoms with van der Waals surface area (Å²) in [6.45, 7) is 0.360. The van der Waals surface area contributed by atoms with Crippen molar-refractivity contribution in [2.75, 3.05) is 12.4 Å². The van der Waals surface area contributed by atoms with Crippen molar-refractivity contribution in [1.82, 2.24) is 23.6 Å². The van der Waals surface area contributed by atoms with Crippen LogP contribution in [0.3, 0.4) is 0 Å². The van der Waals surface area contributed by atoms with Gasteiger partial charge in [-0.3, -0.25) is 33.2 Å². The summed E-state index contributed by atoms with van der Waals surface area (Å²) in [6, 6.07) is 4.59. The van der Waals surface area contributed by atoms with E-state index in [1.54, 1.807) is 17.7 Å². The number of imidazole rings is 1. The van der Waals surface area contributed by atoms with Gasteiger partial charge in [-0.2, -0.15) is 0 Å². The molecule has 1 aliphatic heterocycles. The Balaban J connectivity index is 1.43. The first-order chi connectivity index (χ1) is 14.7. The highest BCUT2D eigenvalue weighted by atomic mass is 16.2. The van der Waals surface area contributed by atoms with Gasteiger partial charge >= 0.3 is 5.69 Å². The summed E-state index contributed by atoms with van der Waals surface area (Å²) in [5, 5.41) is 2.72.